The summed E-state index contributed by atoms with van der Waals surface area (Å²) in [7, 11) is 0. The molecule has 1 atom stereocenters. The molecule has 1 unspecified atom stereocenters. The fourth-order valence-electron chi connectivity index (χ4n) is 1.42. The van der Waals surface area contributed by atoms with Gasteiger partial charge in [0.15, 0.2) is 6.10 Å². The topological polar surface area (TPSA) is 35.5 Å². The zero-order valence-electron chi connectivity index (χ0n) is 9.58. The average molecular weight is 210 g/mol. The number of ketones is 1. The van der Waals surface area contributed by atoms with Crippen LogP contribution in [0.5, 0.6) is 0 Å². The second kappa shape index (κ2) is 5.59. The molecule has 0 saturated carbocycles. The average Bonchev–Trinajstić information content (AvgIpc) is 2.44. The Bertz CT molecular complexity index is 289. The van der Waals surface area contributed by atoms with Crippen molar-refractivity contribution in [1.82, 2.24) is 0 Å². The van der Waals surface area contributed by atoms with Crippen LogP contribution in [0.2, 0.25) is 0 Å². The summed E-state index contributed by atoms with van der Waals surface area (Å²) in [5.74, 6) is 0.950. The van der Waals surface area contributed by atoms with Crippen LogP contribution in [0.3, 0.4) is 0 Å². The van der Waals surface area contributed by atoms with Gasteiger partial charge in [-0.2, -0.15) is 0 Å². The number of allylic oxidation sites excluding steroid dienone is 2. The lowest BCUT2D eigenvalue weighted by atomic mass is 10.2. The molecular formula is C12H18O3. The molecule has 3 nitrogen and oxygen atoms in total. The van der Waals surface area contributed by atoms with Crippen LogP contribution in [0.1, 0.15) is 33.6 Å². The number of hydrogen-bond donors (Lipinski definition) is 0. The van der Waals surface area contributed by atoms with Gasteiger partial charge in [0.2, 0.25) is 11.5 Å². The maximum absolute atomic E-state index is 11.5. The standard InChI is InChI=1S/C12H18O3/c1-4-5-6-7-8-14-12-10(3)15-9(2)11(12)13/h5-6,9H,4,7-8H2,1-3H3/b6-5-. The van der Waals surface area contributed by atoms with E-state index in [0.29, 0.717) is 18.1 Å². The van der Waals surface area contributed by atoms with E-state index >= 15 is 0 Å². The molecule has 15 heavy (non-hydrogen) atoms. The van der Waals surface area contributed by atoms with E-state index in [9.17, 15) is 4.79 Å². The molecule has 0 spiro atoms. The summed E-state index contributed by atoms with van der Waals surface area (Å²) in [6.45, 7) is 6.11. The zero-order chi connectivity index (χ0) is 11.3. The Balaban J connectivity index is 2.36. The van der Waals surface area contributed by atoms with Gasteiger partial charge >= 0.3 is 0 Å². The Morgan fingerprint density at radius 3 is 2.73 bits per heavy atom. The first-order valence-electron chi connectivity index (χ1n) is 5.36. The lowest BCUT2D eigenvalue weighted by Crippen LogP contribution is -2.15. The monoisotopic (exact) mass is 210 g/mol. The van der Waals surface area contributed by atoms with Crippen LogP contribution in [-0.2, 0) is 14.3 Å². The molecule has 0 saturated heterocycles. The molecule has 1 heterocycles. The molecule has 0 aliphatic carbocycles. The molecule has 0 N–H and O–H groups in total. The van der Waals surface area contributed by atoms with Gasteiger partial charge in [-0.1, -0.05) is 19.1 Å². The molecule has 0 radical (unpaired) electrons. The first kappa shape index (κ1) is 11.8. The first-order chi connectivity index (χ1) is 7.16. The van der Waals surface area contributed by atoms with Crippen LogP contribution in [0.25, 0.3) is 0 Å². The van der Waals surface area contributed by atoms with E-state index in [1.165, 1.54) is 0 Å². The third-order valence-corrected chi connectivity index (χ3v) is 2.20. The van der Waals surface area contributed by atoms with Crippen LogP contribution in [0, 0.1) is 0 Å². The van der Waals surface area contributed by atoms with Crippen molar-refractivity contribution in [3.8, 4) is 0 Å². The number of hydrogen-bond acceptors (Lipinski definition) is 3. The smallest absolute Gasteiger partial charge is 0.240 e. The van der Waals surface area contributed by atoms with Crippen LogP contribution in [0.4, 0.5) is 0 Å². The van der Waals surface area contributed by atoms with E-state index in [-0.39, 0.29) is 11.9 Å². The second-order valence-corrected chi connectivity index (χ2v) is 3.53. The minimum absolute atomic E-state index is 0.0491. The van der Waals surface area contributed by atoms with Gasteiger partial charge in [-0.3, -0.25) is 4.79 Å². The van der Waals surface area contributed by atoms with Crippen LogP contribution in [0.15, 0.2) is 23.7 Å². The molecule has 1 aliphatic rings. The SMILES string of the molecule is CC/C=C\CCOC1=C(C)OC(C)C1=O. The fourth-order valence-corrected chi connectivity index (χ4v) is 1.42. The lowest BCUT2D eigenvalue weighted by molar-refractivity contribution is -0.123. The lowest BCUT2D eigenvalue weighted by Gasteiger charge is -2.03. The van der Waals surface area contributed by atoms with Crippen molar-refractivity contribution in [2.75, 3.05) is 6.61 Å². The predicted octanol–water partition coefficient (Wildman–Crippen LogP) is 2.58. The normalized spacial score (nSPS) is 21.3. The Morgan fingerprint density at radius 2 is 2.20 bits per heavy atom. The minimum Gasteiger partial charge on any atom is -0.486 e. The summed E-state index contributed by atoms with van der Waals surface area (Å²) in [5, 5.41) is 0. The van der Waals surface area contributed by atoms with Crippen LogP contribution >= 0.6 is 0 Å². The molecule has 0 bridgehead atoms. The van der Waals surface area contributed by atoms with Gasteiger partial charge in [0.1, 0.15) is 5.76 Å². The Hall–Kier alpha value is -1.25. The Morgan fingerprint density at radius 1 is 1.47 bits per heavy atom. The quantitative estimate of drug-likeness (QED) is 0.517. The number of ether oxygens (including phenoxy) is 2. The minimum atomic E-state index is -0.383. The van der Waals surface area contributed by atoms with E-state index in [1.54, 1.807) is 13.8 Å². The van der Waals surface area contributed by atoms with Gasteiger partial charge in [0, 0.05) is 0 Å². The van der Waals surface area contributed by atoms with Crippen molar-refractivity contribution in [3.63, 3.8) is 0 Å². The molecule has 0 amide bonds. The van der Waals surface area contributed by atoms with Crippen molar-refractivity contribution >= 4 is 5.78 Å². The molecule has 0 aromatic heterocycles. The third kappa shape index (κ3) is 3.11. The Kier molecular flexibility index (Phi) is 4.40. The molecule has 1 aliphatic heterocycles. The summed E-state index contributed by atoms with van der Waals surface area (Å²) in [6, 6.07) is 0. The van der Waals surface area contributed by atoms with Gasteiger partial charge < -0.3 is 9.47 Å². The predicted molar refractivity (Wildman–Crippen MR) is 58.3 cm³/mol. The molecule has 0 aromatic rings. The highest BCUT2D eigenvalue weighted by Gasteiger charge is 2.30. The van der Waals surface area contributed by atoms with Gasteiger partial charge in [0.25, 0.3) is 0 Å². The maximum atomic E-state index is 11.5. The third-order valence-electron chi connectivity index (χ3n) is 2.20. The summed E-state index contributed by atoms with van der Waals surface area (Å²) in [5.41, 5.74) is 0. The summed E-state index contributed by atoms with van der Waals surface area (Å²) < 4.78 is 10.6. The molecule has 1 rings (SSSR count). The van der Waals surface area contributed by atoms with Crippen LogP contribution in [-0.4, -0.2) is 18.5 Å². The molecule has 0 fully saturated rings. The number of carbonyl (C=O) groups is 1. The van der Waals surface area contributed by atoms with E-state index in [2.05, 4.69) is 19.1 Å². The van der Waals surface area contributed by atoms with Gasteiger partial charge in [-0.25, -0.2) is 0 Å². The highest BCUT2D eigenvalue weighted by atomic mass is 16.5. The molecule has 3 heteroatoms. The largest absolute Gasteiger partial charge is 0.486 e. The van der Waals surface area contributed by atoms with E-state index in [0.717, 1.165) is 12.8 Å². The van der Waals surface area contributed by atoms with E-state index in [4.69, 9.17) is 9.47 Å². The summed E-state index contributed by atoms with van der Waals surface area (Å²) in [6.07, 6.45) is 5.61. The van der Waals surface area contributed by atoms with Crippen molar-refractivity contribution in [2.45, 2.75) is 39.7 Å². The van der Waals surface area contributed by atoms with Gasteiger partial charge in [0.05, 0.1) is 6.61 Å². The summed E-state index contributed by atoms with van der Waals surface area (Å²) in [4.78, 5) is 11.5. The fraction of sp³-hybridized carbons (Fsp3) is 0.583. The maximum Gasteiger partial charge on any atom is 0.240 e. The van der Waals surface area contributed by atoms with Crippen molar-refractivity contribution in [2.24, 2.45) is 0 Å². The molecule has 84 valence electrons. The van der Waals surface area contributed by atoms with E-state index < -0.39 is 0 Å². The summed E-state index contributed by atoms with van der Waals surface area (Å²) >= 11 is 0. The number of Topliss-reactive ketones (excluding diaryl/α,β-unsaturated/α-hetero) is 1. The zero-order valence-corrected chi connectivity index (χ0v) is 9.58. The van der Waals surface area contributed by atoms with Crippen molar-refractivity contribution in [1.29, 1.82) is 0 Å². The first-order valence-corrected chi connectivity index (χ1v) is 5.36. The van der Waals surface area contributed by atoms with E-state index in [1.807, 2.05) is 0 Å². The van der Waals surface area contributed by atoms with Gasteiger partial charge in [-0.05, 0) is 26.7 Å². The van der Waals surface area contributed by atoms with Crippen molar-refractivity contribution in [3.05, 3.63) is 23.7 Å². The molecule has 0 aromatic carbocycles. The highest BCUT2D eigenvalue weighted by molar-refractivity contribution is 5.99. The number of rotatable bonds is 5. The number of carbonyl (C=O) groups excluding carboxylic acids is 1. The van der Waals surface area contributed by atoms with Gasteiger partial charge in [-0.15, -0.1) is 0 Å². The second-order valence-electron chi connectivity index (χ2n) is 3.53. The van der Waals surface area contributed by atoms with Crippen LogP contribution < -0.4 is 0 Å². The highest BCUT2D eigenvalue weighted by Crippen LogP contribution is 2.21. The Labute approximate surface area is 90.8 Å². The molecular weight excluding hydrogens is 192 g/mol. The van der Waals surface area contributed by atoms with Crippen molar-refractivity contribution < 1.29 is 14.3 Å².